The third-order valence-electron chi connectivity index (χ3n) is 4.11. The molecular formula is C16H19N5O. The Morgan fingerprint density at radius 2 is 2.18 bits per heavy atom. The van der Waals surface area contributed by atoms with Gasteiger partial charge in [0.05, 0.1) is 37.1 Å². The summed E-state index contributed by atoms with van der Waals surface area (Å²) in [5.41, 5.74) is 2.40. The Morgan fingerprint density at radius 3 is 3.00 bits per heavy atom. The molecule has 0 N–H and O–H groups in total. The van der Waals surface area contributed by atoms with Gasteiger partial charge in [0.2, 0.25) is 0 Å². The van der Waals surface area contributed by atoms with Crippen LogP contribution in [0.4, 0.5) is 0 Å². The molecule has 0 atom stereocenters. The number of rotatable bonds is 4. The van der Waals surface area contributed by atoms with Gasteiger partial charge in [-0.3, -0.25) is 9.58 Å². The molecule has 0 amide bonds. The Morgan fingerprint density at radius 1 is 1.18 bits per heavy atom. The fourth-order valence-electron chi connectivity index (χ4n) is 3.02. The number of hydrogen-bond donors (Lipinski definition) is 0. The minimum Gasteiger partial charge on any atom is -0.468 e. The summed E-state index contributed by atoms with van der Waals surface area (Å²) in [5, 5.41) is 4.28. The molecule has 0 fully saturated rings. The van der Waals surface area contributed by atoms with Crippen molar-refractivity contribution in [3.05, 3.63) is 60.3 Å². The van der Waals surface area contributed by atoms with E-state index >= 15 is 0 Å². The lowest BCUT2D eigenvalue weighted by Crippen LogP contribution is -2.23. The SMILES string of the molecule is c1coc(CN2CCCn3cnc(Cn4cccn4)c3C2)c1. The molecule has 1 aliphatic rings. The first-order chi connectivity index (χ1) is 10.9. The topological polar surface area (TPSA) is 52.0 Å². The van der Waals surface area contributed by atoms with E-state index in [0.717, 1.165) is 50.6 Å². The second-order valence-electron chi connectivity index (χ2n) is 5.68. The number of nitrogens with zero attached hydrogens (tertiary/aromatic N) is 5. The molecule has 114 valence electrons. The molecule has 4 rings (SSSR count). The fourth-order valence-corrected chi connectivity index (χ4v) is 3.02. The van der Waals surface area contributed by atoms with Gasteiger partial charge in [0.25, 0.3) is 0 Å². The summed E-state index contributed by atoms with van der Waals surface area (Å²) in [6, 6.07) is 5.92. The molecule has 0 saturated heterocycles. The summed E-state index contributed by atoms with van der Waals surface area (Å²) in [6.45, 7) is 4.57. The highest BCUT2D eigenvalue weighted by Gasteiger charge is 2.19. The van der Waals surface area contributed by atoms with Crippen molar-refractivity contribution in [2.45, 2.75) is 32.6 Å². The molecule has 0 aliphatic carbocycles. The van der Waals surface area contributed by atoms with E-state index in [1.165, 1.54) is 5.69 Å². The highest BCUT2D eigenvalue weighted by molar-refractivity contribution is 5.15. The van der Waals surface area contributed by atoms with Crippen LogP contribution in [0.2, 0.25) is 0 Å². The molecule has 0 radical (unpaired) electrons. The Bertz CT molecular complexity index is 714. The van der Waals surface area contributed by atoms with Crippen molar-refractivity contribution in [1.29, 1.82) is 0 Å². The lowest BCUT2D eigenvalue weighted by atomic mass is 10.3. The second-order valence-corrected chi connectivity index (χ2v) is 5.68. The van der Waals surface area contributed by atoms with Gasteiger partial charge in [0, 0.05) is 32.0 Å². The molecule has 0 saturated carbocycles. The zero-order chi connectivity index (χ0) is 14.8. The van der Waals surface area contributed by atoms with E-state index in [0.29, 0.717) is 0 Å². The van der Waals surface area contributed by atoms with Crippen molar-refractivity contribution in [3.63, 3.8) is 0 Å². The van der Waals surface area contributed by atoms with Crippen LogP contribution in [0.15, 0.2) is 47.6 Å². The first-order valence-corrected chi connectivity index (χ1v) is 7.63. The zero-order valence-electron chi connectivity index (χ0n) is 12.4. The number of hydrogen-bond acceptors (Lipinski definition) is 4. The summed E-state index contributed by atoms with van der Waals surface area (Å²) < 4.78 is 9.68. The van der Waals surface area contributed by atoms with Crippen LogP contribution in [0.3, 0.4) is 0 Å². The van der Waals surface area contributed by atoms with Crippen molar-refractivity contribution in [3.8, 4) is 0 Å². The van der Waals surface area contributed by atoms with Crippen molar-refractivity contribution >= 4 is 0 Å². The highest BCUT2D eigenvalue weighted by Crippen LogP contribution is 2.19. The maximum atomic E-state index is 5.48. The van der Waals surface area contributed by atoms with Gasteiger partial charge in [-0.05, 0) is 24.6 Å². The minimum absolute atomic E-state index is 0.726. The normalized spacial score (nSPS) is 15.6. The van der Waals surface area contributed by atoms with Gasteiger partial charge in [-0.1, -0.05) is 0 Å². The molecule has 0 unspecified atom stereocenters. The van der Waals surface area contributed by atoms with Crippen molar-refractivity contribution in [1.82, 2.24) is 24.2 Å². The highest BCUT2D eigenvalue weighted by atomic mass is 16.3. The smallest absolute Gasteiger partial charge is 0.117 e. The van der Waals surface area contributed by atoms with Crippen LogP contribution in [0.1, 0.15) is 23.6 Å². The molecule has 3 aromatic rings. The predicted octanol–water partition coefficient (Wildman–Crippen LogP) is 2.13. The van der Waals surface area contributed by atoms with Gasteiger partial charge in [-0.15, -0.1) is 0 Å². The summed E-state index contributed by atoms with van der Waals surface area (Å²) in [6.07, 6.45) is 8.61. The molecular weight excluding hydrogens is 278 g/mol. The molecule has 3 aromatic heterocycles. The van der Waals surface area contributed by atoms with Gasteiger partial charge in [0.15, 0.2) is 0 Å². The molecule has 22 heavy (non-hydrogen) atoms. The predicted molar refractivity (Wildman–Crippen MR) is 81.0 cm³/mol. The number of fused-ring (bicyclic) bond motifs is 1. The molecule has 0 bridgehead atoms. The Labute approximate surface area is 129 Å². The first-order valence-electron chi connectivity index (χ1n) is 7.63. The maximum absolute atomic E-state index is 5.48. The van der Waals surface area contributed by atoms with Crippen LogP contribution < -0.4 is 0 Å². The molecule has 0 aromatic carbocycles. The Hall–Kier alpha value is -2.34. The lowest BCUT2D eigenvalue weighted by Gasteiger charge is -2.18. The van der Waals surface area contributed by atoms with E-state index in [4.69, 9.17) is 4.42 Å². The number of furan rings is 1. The van der Waals surface area contributed by atoms with Crippen LogP contribution in [0.25, 0.3) is 0 Å². The van der Waals surface area contributed by atoms with E-state index in [9.17, 15) is 0 Å². The van der Waals surface area contributed by atoms with Crippen molar-refractivity contribution in [2.75, 3.05) is 6.54 Å². The summed E-state index contributed by atoms with van der Waals surface area (Å²) in [7, 11) is 0. The average Bonchev–Trinajstić information content (AvgIpc) is 3.24. The number of aromatic nitrogens is 4. The Kier molecular flexibility index (Phi) is 3.52. The van der Waals surface area contributed by atoms with E-state index in [1.54, 1.807) is 12.5 Å². The molecule has 0 spiro atoms. The van der Waals surface area contributed by atoms with E-state index in [-0.39, 0.29) is 0 Å². The monoisotopic (exact) mass is 297 g/mol. The van der Waals surface area contributed by atoms with E-state index in [1.807, 2.05) is 35.4 Å². The second kappa shape index (κ2) is 5.81. The largest absolute Gasteiger partial charge is 0.468 e. The number of imidazole rings is 1. The zero-order valence-corrected chi connectivity index (χ0v) is 12.4. The van der Waals surface area contributed by atoms with Crippen molar-refractivity contribution < 1.29 is 4.42 Å². The van der Waals surface area contributed by atoms with E-state index in [2.05, 4.69) is 19.5 Å². The third kappa shape index (κ3) is 2.69. The number of aryl methyl sites for hydroxylation is 1. The van der Waals surface area contributed by atoms with Crippen molar-refractivity contribution in [2.24, 2.45) is 0 Å². The van der Waals surface area contributed by atoms with Gasteiger partial charge < -0.3 is 8.98 Å². The third-order valence-corrected chi connectivity index (χ3v) is 4.11. The summed E-state index contributed by atoms with van der Waals surface area (Å²) in [4.78, 5) is 7.02. The summed E-state index contributed by atoms with van der Waals surface area (Å²) >= 11 is 0. The average molecular weight is 297 g/mol. The van der Waals surface area contributed by atoms with Crippen LogP contribution in [0.5, 0.6) is 0 Å². The molecule has 6 nitrogen and oxygen atoms in total. The van der Waals surface area contributed by atoms with Gasteiger partial charge >= 0.3 is 0 Å². The maximum Gasteiger partial charge on any atom is 0.117 e. The van der Waals surface area contributed by atoms with Crippen LogP contribution in [0, 0.1) is 0 Å². The van der Waals surface area contributed by atoms with Gasteiger partial charge in [0.1, 0.15) is 5.76 Å². The Balaban J connectivity index is 1.55. The van der Waals surface area contributed by atoms with Gasteiger partial charge in [-0.25, -0.2) is 4.98 Å². The first kappa shape index (κ1) is 13.3. The van der Waals surface area contributed by atoms with Crippen LogP contribution in [-0.2, 0) is 26.2 Å². The summed E-state index contributed by atoms with van der Waals surface area (Å²) in [5.74, 6) is 1.02. The van der Waals surface area contributed by atoms with Crippen LogP contribution in [-0.4, -0.2) is 30.8 Å². The van der Waals surface area contributed by atoms with E-state index < -0.39 is 0 Å². The molecule has 4 heterocycles. The fraction of sp³-hybridized carbons (Fsp3) is 0.375. The molecule has 6 heteroatoms. The minimum atomic E-state index is 0.726. The quantitative estimate of drug-likeness (QED) is 0.740. The standard InChI is InChI=1S/C16H19N5O/c1-4-14(22-9-1)10-19-6-3-7-20-13-17-15(16(20)12-19)11-21-8-2-5-18-21/h1-2,4-5,8-9,13H,3,6-7,10-12H2. The van der Waals surface area contributed by atoms with Gasteiger partial charge in [-0.2, -0.15) is 5.10 Å². The molecule has 1 aliphatic heterocycles. The van der Waals surface area contributed by atoms with Crippen LogP contribution >= 0.6 is 0 Å². The lowest BCUT2D eigenvalue weighted by molar-refractivity contribution is 0.238.